The van der Waals surface area contributed by atoms with Crippen LogP contribution in [0.1, 0.15) is 32.3 Å². The molecule has 0 radical (unpaired) electrons. The zero-order valence-electron chi connectivity index (χ0n) is 15.0. The van der Waals surface area contributed by atoms with Gasteiger partial charge in [-0.3, -0.25) is 14.4 Å². The molecule has 8 nitrogen and oxygen atoms in total. The van der Waals surface area contributed by atoms with Crippen molar-refractivity contribution in [3.63, 3.8) is 0 Å². The molecule has 1 heterocycles. The fourth-order valence-corrected chi connectivity index (χ4v) is 2.18. The SMILES string of the molecule is CC(C)CCC(=O)NCC(=O)OCC(=O)NCc1ccc2c(c1)OCO2. The Morgan fingerprint density at radius 3 is 2.65 bits per heavy atom. The molecule has 0 bridgehead atoms. The molecule has 0 aliphatic carbocycles. The maximum absolute atomic E-state index is 11.7. The molecular formula is C18H24N2O6. The fourth-order valence-electron chi connectivity index (χ4n) is 2.18. The van der Waals surface area contributed by atoms with Crippen LogP contribution in [0, 0.1) is 5.92 Å². The molecule has 8 heteroatoms. The average molecular weight is 364 g/mol. The van der Waals surface area contributed by atoms with Gasteiger partial charge in [0.15, 0.2) is 18.1 Å². The van der Waals surface area contributed by atoms with Crippen molar-refractivity contribution >= 4 is 17.8 Å². The number of ether oxygens (including phenoxy) is 3. The first-order valence-corrected chi connectivity index (χ1v) is 8.51. The zero-order chi connectivity index (χ0) is 18.9. The van der Waals surface area contributed by atoms with Gasteiger partial charge >= 0.3 is 5.97 Å². The summed E-state index contributed by atoms with van der Waals surface area (Å²) >= 11 is 0. The normalized spacial score (nSPS) is 12.0. The molecular weight excluding hydrogens is 340 g/mol. The third-order valence-corrected chi connectivity index (χ3v) is 3.67. The topological polar surface area (TPSA) is 103 Å². The van der Waals surface area contributed by atoms with E-state index in [9.17, 15) is 14.4 Å². The Balaban J connectivity index is 1.61. The predicted octanol–water partition coefficient (Wildman–Crippen LogP) is 1.13. The number of benzene rings is 1. The summed E-state index contributed by atoms with van der Waals surface area (Å²) in [6, 6.07) is 5.36. The summed E-state index contributed by atoms with van der Waals surface area (Å²) in [7, 11) is 0. The Morgan fingerprint density at radius 2 is 1.88 bits per heavy atom. The molecule has 1 aromatic rings. The van der Waals surface area contributed by atoms with E-state index in [1.54, 1.807) is 12.1 Å². The number of esters is 1. The fraction of sp³-hybridized carbons (Fsp3) is 0.500. The van der Waals surface area contributed by atoms with E-state index in [1.807, 2.05) is 19.9 Å². The van der Waals surface area contributed by atoms with Crippen LogP contribution in [0.2, 0.25) is 0 Å². The van der Waals surface area contributed by atoms with Crippen LogP contribution >= 0.6 is 0 Å². The molecule has 1 aromatic carbocycles. The molecule has 1 aliphatic rings. The quantitative estimate of drug-likeness (QED) is 0.637. The second-order valence-corrected chi connectivity index (χ2v) is 6.33. The van der Waals surface area contributed by atoms with E-state index in [2.05, 4.69) is 10.6 Å². The number of amides is 2. The lowest BCUT2D eigenvalue weighted by Crippen LogP contribution is -2.33. The second kappa shape index (κ2) is 9.65. The van der Waals surface area contributed by atoms with Gasteiger partial charge in [-0.05, 0) is 30.0 Å². The molecule has 142 valence electrons. The van der Waals surface area contributed by atoms with Crippen LogP contribution in [0.4, 0.5) is 0 Å². The van der Waals surface area contributed by atoms with Crippen LogP contribution < -0.4 is 20.1 Å². The van der Waals surface area contributed by atoms with Gasteiger partial charge in [-0.25, -0.2) is 0 Å². The minimum atomic E-state index is -0.652. The number of hydrogen-bond acceptors (Lipinski definition) is 6. The summed E-state index contributed by atoms with van der Waals surface area (Å²) in [5.74, 6) is 0.438. The largest absolute Gasteiger partial charge is 0.454 e. The van der Waals surface area contributed by atoms with E-state index in [1.165, 1.54) is 0 Å². The van der Waals surface area contributed by atoms with Crippen molar-refractivity contribution in [3.8, 4) is 11.5 Å². The first-order valence-electron chi connectivity index (χ1n) is 8.51. The number of hydrogen-bond donors (Lipinski definition) is 2. The summed E-state index contributed by atoms with van der Waals surface area (Å²) < 4.78 is 15.3. The van der Waals surface area contributed by atoms with Gasteiger partial charge in [0.2, 0.25) is 12.7 Å². The van der Waals surface area contributed by atoms with E-state index in [0.717, 1.165) is 12.0 Å². The molecule has 0 fully saturated rings. The molecule has 2 amide bonds. The van der Waals surface area contributed by atoms with Crippen molar-refractivity contribution in [2.45, 2.75) is 33.2 Å². The average Bonchev–Trinajstić information content (AvgIpc) is 3.08. The second-order valence-electron chi connectivity index (χ2n) is 6.33. The third-order valence-electron chi connectivity index (χ3n) is 3.67. The first-order chi connectivity index (χ1) is 12.4. The number of carbonyl (C=O) groups excluding carboxylic acids is 3. The highest BCUT2D eigenvalue weighted by Gasteiger charge is 2.14. The van der Waals surface area contributed by atoms with Crippen molar-refractivity contribution in [1.29, 1.82) is 0 Å². The van der Waals surface area contributed by atoms with Crippen LogP contribution in [0.25, 0.3) is 0 Å². The maximum atomic E-state index is 11.7. The predicted molar refractivity (Wildman–Crippen MR) is 92.5 cm³/mol. The number of fused-ring (bicyclic) bond motifs is 1. The summed E-state index contributed by atoms with van der Waals surface area (Å²) in [4.78, 5) is 34.8. The maximum Gasteiger partial charge on any atom is 0.325 e. The molecule has 0 atom stereocenters. The lowest BCUT2D eigenvalue weighted by atomic mass is 10.1. The standard InChI is InChI=1S/C18H24N2O6/c1-12(2)3-6-16(21)20-9-18(23)24-10-17(22)19-8-13-4-5-14-15(7-13)26-11-25-14/h4-5,7,12H,3,6,8-11H2,1-2H3,(H,19,22)(H,20,21). The lowest BCUT2D eigenvalue weighted by Gasteiger charge is -2.08. The first kappa shape index (κ1) is 19.6. The smallest absolute Gasteiger partial charge is 0.325 e. The van der Waals surface area contributed by atoms with Gasteiger partial charge in [-0.15, -0.1) is 0 Å². The number of carbonyl (C=O) groups is 3. The van der Waals surface area contributed by atoms with E-state index in [-0.39, 0.29) is 25.8 Å². The zero-order valence-corrected chi connectivity index (χ0v) is 15.0. The Kier molecular flexibility index (Phi) is 7.25. The Labute approximate surface area is 152 Å². The molecule has 0 saturated carbocycles. The highest BCUT2D eigenvalue weighted by molar-refractivity contribution is 5.84. The van der Waals surface area contributed by atoms with Crippen molar-refractivity contribution in [2.75, 3.05) is 19.9 Å². The molecule has 0 saturated heterocycles. The van der Waals surface area contributed by atoms with Crippen LogP contribution in [0.5, 0.6) is 11.5 Å². The highest BCUT2D eigenvalue weighted by atomic mass is 16.7. The van der Waals surface area contributed by atoms with Gasteiger partial charge in [0.1, 0.15) is 6.54 Å². The van der Waals surface area contributed by atoms with Crippen LogP contribution in [-0.2, 0) is 25.7 Å². The van der Waals surface area contributed by atoms with Crippen LogP contribution in [0.15, 0.2) is 18.2 Å². The molecule has 1 aliphatic heterocycles. The van der Waals surface area contributed by atoms with Gasteiger partial charge < -0.3 is 24.8 Å². The molecule has 0 unspecified atom stereocenters. The van der Waals surface area contributed by atoms with Crippen LogP contribution in [0.3, 0.4) is 0 Å². The summed E-state index contributed by atoms with van der Waals surface area (Å²) in [6.07, 6.45) is 1.12. The minimum absolute atomic E-state index is 0.190. The summed E-state index contributed by atoms with van der Waals surface area (Å²) in [5.41, 5.74) is 0.839. The molecule has 2 rings (SSSR count). The molecule has 2 N–H and O–H groups in total. The van der Waals surface area contributed by atoms with Gasteiger partial charge in [-0.1, -0.05) is 19.9 Å². The van der Waals surface area contributed by atoms with E-state index >= 15 is 0 Å². The van der Waals surface area contributed by atoms with Gasteiger partial charge in [-0.2, -0.15) is 0 Å². The van der Waals surface area contributed by atoms with Crippen molar-refractivity contribution in [2.24, 2.45) is 5.92 Å². The molecule has 0 aromatic heterocycles. The monoisotopic (exact) mass is 364 g/mol. The Hall–Kier alpha value is -2.77. The summed E-state index contributed by atoms with van der Waals surface area (Å²) in [6.45, 7) is 3.86. The van der Waals surface area contributed by atoms with E-state index in [4.69, 9.17) is 14.2 Å². The van der Waals surface area contributed by atoms with Crippen LogP contribution in [-0.4, -0.2) is 37.7 Å². The van der Waals surface area contributed by atoms with E-state index in [0.29, 0.717) is 23.8 Å². The molecule has 0 spiro atoms. The van der Waals surface area contributed by atoms with Gasteiger partial charge in [0.05, 0.1) is 0 Å². The summed E-state index contributed by atoms with van der Waals surface area (Å²) in [5, 5.41) is 5.12. The molecule has 26 heavy (non-hydrogen) atoms. The van der Waals surface area contributed by atoms with Crippen molar-refractivity contribution in [1.82, 2.24) is 10.6 Å². The van der Waals surface area contributed by atoms with Gasteiger partial charge in [0.25, 0.3) is 5.91 Å². The van der Waals surface area contributed by atoms with E-state index < -0.39 is 18.5 Å². The van der Waals surface area contributed by atoms with Crippen molar-refractivity contribution in [3.05, 3.63) is 23.8 Å². The Bertz CT molecular complexity index is 659. The minimum Gasteiger partial charge on any atom is -0.454 e. The number of rotatable bonds is 9. The lowest BCUT2D eigenvalue weighted by molar-refractivity contribution is -0.148. The number of nitrogens with one attached hydrogen (secondary N) is 2. The Morgan fingerprint density at radius 1 is 1.12 bits per heavy atom. The van der Waals surface area contributed by atoms with Crippen molar-refractivity contribution < 1.29 is 28.6 Å². The van der Waals surface area contributed by atoms with Gasteiger partial charge in [0, 0.05) is 13.0 Å². The highest BCUT2D eigenvalue weighted by Crippen LogP contribution is 2.32. The third kappa shape index (κ3) is 6.62.